The number of nitrogens with zero attached hydrogens (tertiary/aromatic N) is 3. The van der Waals surface area contributed by atoms with Gasteiger partial charge in [0.1, 0.15) is 12.1 Å². The molecule has 0 bridgehead atoms. The third-order valence-electron chi connectivity index (χ3n) is 10.3. The van der Waals surface area contributed by atoms with Gasteiger partial charge < -0.3 is 20.6 Å². The SMILES string of the molecule is CCCC(=O)Nc1cccc(C(=O)N[C@@H](Cc2ccccc2)C(=O)N2CCCCC2c2cccnc2)c1.O=C(O)[C@H](Cc1ccccc1)N1C(=O)c2ccccc2C1=O. The summed E-state index contributed by atoms with van der Waals surface area (Å²) in [6.07, 6.45) is 8.00. The second kappa shape index (κ2) is 20.0. The molecule has 1 unspecified atom stereocenters. The monoisotopic (exact) mass is 793 g/mol. The van der Waals surface area contributed by atoms with E-state index < -0.39 is 29.9 Å². The van der Waals surface area contributed by atoms with Gasteiger partial charge in [0, 0.05) is 49.5 Å². The second-order valence-corrected chi connectivity index (χ2v) is 14.5. The number of pyridine rings is 1. The molecule has 4 aromatic carbocycles. The molecule has 2 aliphatic rings. The van der Waals surface area contributed by atoms with Gasteiger partial charge in [-0.25, -0.2) is 4.79 Å². The predicted octanol–water partition coefficient (Wildman–Crippen LogP) is 6.89. The van der Waals surface area contributed by atoms with Crippen molar-refractivity contribution in [2.45, 2.75) is 70.0 Å². The molecule has 0 spiro atoms. The van der Waals surface area contributed by atoms with Gasteiger partial charge in [-0.3, -0.25) is 33.9 Å². The molecule has 0 radical (unpaired) electrons. The lowest BCUT2D eigenvalue weighted by Crippen LogP contribution is -2.51. The molecule has 302 valence electrons. The number of imide groups is 1. The number of aliphatic carboxylic acids is 1. The van der Waals surface area contributed by atoms with Crippen LogP contribution in [0.1, 0.15) is 92.8 Å². The van der Waals surface area contributed by atoms with Crippen molar-refractivity contribution in [1.82, 2.24) is 20.1 Å². The van der Waals surface area contributed by atoms with E-state index in [0.29, 0.717) is 30.6 Å². The van der Waals surface area contributed by atoms with Crippen molar-refractivity contribution in [3.05, 3.63) is 167 Å². The second-order valence-electron chi connectivity index (χ2n) is 14.5. The third-order valence-corrected chi connectivity index (χ3v) is 10.3. The van der Waals surface area contributed by atoms with Gasteiger partial charge in [0.2, 0.25) is 11.8 Å². The quantitative estimate of drug-likeness (QED) is 0.108. The Morgan fingerprint density at radius 1 is 0.780 bits per heavy atom. The lowest BCUT2D eigenvalue weighted by Gasteiger charge is -2.38. The number of fused-ring (bicyclic) bond motifs is 1. The molecule has 12 nitrogen and oxygen atoms in total. The van der Waals surface area contributed by atoms with Crippen molar-refractivity contribution in [3.63, 3.8) is 0 Å². The number of carboxylic acids is 1. The molecule has 59 heavy (non-hydrogen) atoms. The summed E-state index contributed by atoms with van der Waals surface area (Å²) < 4.78 is 0. The Morgan fingerprint density at radius 3 is 2.03 bits per heavy atom. The number of likely N-dealkylation sites (tertiary alicyclic amines) is 1. The smallest absolute Gasteiger partial charge is 0.327 e. The summed E-state index contributed by atoms with van der Waals surface area (Å²) in [4.78, 5) is 82.7. The molecular weight excluding hydrogens is 747 g/mol. The number of amides is 5. The average Bonchev–Trinajstić information content (AvgIpc) is 3.51. The van der Waals surface area contributed by atoms with Crippen molar-refractivity contribution in [1.29, 1.82) is 0 Å². The normalized spacial score (nSPS) is 15.6. The highest BCUT2D eigenvalue weighted by molar-refractivity contribution is 6.22. The maximum atomic E-state index is 14.0. The van der Waals surface area contributed by atoms with Gasteiger partial charge in [-0.05, 0) is 78.8 Å². The molecule has 5 aromatic rings. The van der Waals surface area contributed by atoms with E-state index in [2.05, 4.69) is 15.6 Å². The zero-order valence-electron chi connectivity index (χ0n) is 32.8. The summed E-state index contributed by atoms with van der Waals surface area (Å²) in [5.41, 5.74) is 4.20. The molecule has 7 rings (SSSR count). The van der Waals surface area contributed by atoms with Gasteiger partial charge in [0.05, 0.1) is 17.2 Å². The predicted molar refractivity (Wildman–Crippen MR) is 222 cm³/mol. The lowest BCUT2D eigenvalue weighted by molar-refractivity contribution is -0.141. The molecule has 0 saturated carbocycles. The first-order chi connectivity index (χ1) is 28.6. The number of anilines is 1. The van der Waals surface area contributed by atoms with Gasteiger partial charge in [-0.1, -0.05) is 91.9 Å². The van der Waals surface area contributed by atoms with Crippen LogP contribution in [0.3, 0.4) is 0 Å². The topological polar surface area (TPSA) is 166 Å². The van der Waals surface area contributed by atoms with Gasteiger partial charge in [-0.2, -0.15) is 0 Å². The van der Waals surface area contributed by atoms with Gasteiger partial charge in [-0.15, -0.1) is 0 Å². The molecule has 1 aromatic heterocycles. The number of hydrogen-bond donors (Lipinski definition) is 3. The highest BCUT2D eigenvalue weighted by atomic mass is 16.4. The Labute approximate surface area is 343 Å². The fourth-order valence-electron chi connectivity index (χ4n) is 7.41. The van der Waals surface area contributed by atoms with Gasteiger partial charge in [0.15, 0.2) is 0 Å². The van der Waals surface area contributed by atoms with E-state index in [-0.39, 0.29) is 41.3 Å². The van der Waals surface area contributed by atoms with Crippen LogP contribution in [0.4, 0.5) is 5.69 Å². The van der Waals surface area contributed by atoms with E-state index in [4.69, 9.17) is 0 Å². The fraction of sp³-hybridized carbons (Fsp3) is 0.255. The number of piperidine rings is 1. The number of carbonyl (C=O) groups is 6. The first-order valence-electron chi connectivity index (χ1n) is 19.8. The third kappa shape index (κ3) is 10.5. The zero-order valence-corrected chi connectivity index (χ0v) is 32.8. The maximum Gasteiger partial charge on any atom is 0.327 e. The summed E-state index contributed by atoms with van der Waals surface area (Å²) in [6.45, 7) is 2.58. The molecule has 12 heteroatoms. The van der Waals surface area contributed by atoms with Crippen molar-refractivity contribution in [2.24, 2.45) is 0 Å². The Hall–Kier alpha value is -6.95. The number of aromatic nitrogens is 1. The number of carbonyl (C=O) groups excluding carboxylic acids is 5. The van der Waals surface area contributed by atoms with Crippen molar-refractivity contribution in [2.75, 3.05) is 11.9 Å². The van der Waals surface area contributed by atoms with Crippen LogP contribution in [0.25, 0.3) is 0 Å². The summed E-state index contributed by atoms with van der Waals surface area (Å²) in [5.74, 6) is -2.84. The zero-order chi connectivity index (χ0) is 41.7. The number of benzene rings is 4. The summed E-state index contributed by atoms with van der Waals surface area (Å²) >= 11 is 0. The highest BCUT2D eigenvalue weighted by Crippen LogP contribution is 2.31. The molecule has 1 saturated heterocycles. The van der Waals surface area contributed by atoms with E-state index in [9.17, 15) is 33.9 Å². The van der Waals surface area contributed by atoms with E-state index in [1.165, 1.54) is 12.1 Å². The van der Waals surface area contributed by atoms with Crippen LogP contribution in [0.2, 0.25) is 0 Å². The van der Waals surface area contributed by atoms with E-state index >= 15 is 0 Å². The van der Waals surface area contributed by atoms with Crippen molar-refractivity contribution < 1.29 is 33.9 Å². The minimum atomic E-state index is -1.21. The molecule has 3 heterocycles. The molecule has 5 amide bonds. The van der Waals surface area contributed by atoms with Gasteiger partial charge >= 0.3 is 5.97 Å². The minimum absolute atomic E-state index is 0.0674. The first-order valence-corrected chi connectivity index (χ1v) is 19.8. The molecule has 0 aliphatic carbocycles. The van der Waals surface area contributed by atoms with Crippen LogP contribution in [-0.2, 0) is 27.2 Å². The summed E-state index contributed by atoms with van der Waals surface area (Å²) in [7, 11) is 0. The lowest BCUT2D eigenvalue weighted by atomic mass is 9.94. The number of carboxylic acid groups (broad SMARTS) is 1. The summed E-state index contributed by atoms with van der Waals surface area (Å²) in [5, 5.41) is 15.3. The average molecular weight is 794 g/mol. The number of nitrogens with one attached hydrogen (secondary N) is 2. The molecule has 3 atom stereocenters. The number of rotatable bonds is 13. The van der Waals surface area contributed by atoms with Crippen LogP contribution in [0, 0.1) is 0 Å². The summed E-state index contributed by atoms with van der Waals surface area (Å²) in [6, 6.07) is 33.7. The Kier molecular flexibility index (Phi) is 14.1. The maximum absolute atomic E-state index is 14.0. The van der Waals surface area contributed by atoms with Crippen LogP contribution >= 0.6 is 0 Å². The van der Waals surface area contributed by atoms with Crippen LogP contribution in [-0.4, -0.2) is 74.0 Å². The van der Waals surface area contributed by atoms with Crippen LogP contribution < -0.4 is 10.6 Å². The largest absolute Gasteiger partial charge is 0.480 e. The van der Waals surface area contributed by atoms with E-state index in [1.807, 2.05) is 66.6 Å². The van der Waals surface area contributed by atoms with E-state index in [0.717, 1.165) is 47.3 Å². The van der Waals surface area contributed by atoms with Gasteiger partial charge in [0.25, 0.3) is 17.7 Å². The minimum Gasteiger partial charge on any atom is -0.480 e. The van der Waals surface area contributed by atoms with Crippen molar-refractivity contribution in [3.8, 4) is 0 Å². The molecule has 1 fully saturated rings. The first kappa shape index (κ1) is 41.7. The van der Waals surface area contributed by atoms with Crippen LogP contribution in [0.5, 0.6) is 0 Å². The molecule has 2 aliphatic heterocycles. The number of hydrogen-bond acceptors (Lipinski definition) is 7. The Morgan fingerprint density at radius 2 is 1.42 bits per heavy atom. The van der Waals surface area contributed by atoms with Crippen molar-refractivity contribution >= 4 is 41.2 Å². The standard InChI is InChI=1S/C30H34N4O3.C17H13NO4/c1-2-10-28(35)32-25-15-8-13-23(20-25)29(36)33-26(19-22-11-4-3-5-12-22)30(37)34-18-7-6-16-27(34)24-14-9-17-31-21-24;19-15-12-8-4-5-9-13(12)16(20)18(15)14(17(21)22)10-11-6-2-1-3-7-11/h3-5,8-9,11-15,17,20-21,26-27H,2,6-7,10,16,18-19H2,1H3,(H,32,35)(H,33,36);1-9,14H,10H2,(H,21,22)/t26-,27?;14-/m00/s1. The Bertz CT molecular complexity index is 2230. The van der Waals surface area contributed by atoms with E-state index in [1.54, 1.807) is 66.9 Å². The fourth-order valence-corrected chi connectivity index (χ4v) is 7.41. The highest BCUT2D eigenvalue weighted by Gasteiger charge is 2.42. The molecular formula is C47H47N5O7. The molecule has 3 N–H and O–H groups in total. The Balaban J connectivity index is 0.000000226. The van der Waals surface area contributed by atoms with Crippen LogP contribution in [0.15, 0.2) is 134 Å².